The van der Waals surface area contributed by atoms with Crippen molar-refractivity contribution in [1.82, 2.24) is 5.32 Å². The largest absolute Gasteiger partial charge is 0.508 e. The molecule has 0 aliphatic rings. The van der Waals surface area contributed by atoms with Gasteiger partial charge in [-0.25, -0.2) is 4.79 Å². The molecule has 1 rings (SSSR count). The Bertz CT molecular complexity index is 488. The molecule has 1 atom stereocenters. The average Bonchev–Trinajstić information content (AvgIpc) is 2.40. The van der Waals surface area contributed by atoms with Gasteiger partial charge >= 0.3 is 5.97 Å². The second-order valence-electron chi connectivity index (χ2n) is 4.20. The molecule has 0 saturated heterocycles. The van der Waals surface area contributed by atoms with Crippen LogP contribution in [0.3, 0.4) is 0 Å². The van der Waals surface area contributed by atoms with Crippen LogP contribution in [0.25, 0.3) is 0 Å². The Balaban J connectivity index is 2.75. The van der Waals surface area contributed by atoms with Crippen LogP contribution in [-0.4, -0.2) is 47.0 Å². The number of phenolic OH excluding ortho intramolecular Hbond substituents is 2. The number of ether oxygens (including phenoxy) is 1. The number of carboxylic acids is 1. The molecule has 1 amide bonds. The Morgan fingerprint density at radius 2 is 2.05 bits per heavy atom. The third-order valence-electron chi connectivity index (χ3n) is 2.67. The summed E-state index contributed by atoms with van der Waals surface area (Å²) in [6.45, 7) is 0.386. The SMILES string of the molecule is COCCCC(NC(=O)c1cc(O)ccc1O)C(=O)O. The van der Waals surface area contributed by atoms with Crippen LogP contribution >= 0.6 is 0 Å². The maximum Gasteiger partial charge on any atom is 0.326 e. The molecule has 110 valence electrons. The van der Waals surface area contributed by atoms with Gasteiger partial charge in [0.1, 0.15) is 17.5 Å². The number of methoxy groups -OCH3 is 1. The topological polar surface area (TPSA) is 116 Å². The van der Waals surface area contributed by atoms with Crippen molar-refractivity contribution >= 4 is 11.9 Å². The van der Waals surface area contributed by atoms with Gasteiger partial charge in [0.25, 0.3) is 5.91 Å². The van der Waals surface area contributed by atoms with Crippen LogP contribution in [0.4, 0.5) is 0 Å². The van der Waals surface area contributed by atoms with Crippen LogP contribution in [0.15, 0.2) is 18.2 Å². The lowest BCUT2D eigenvalue weighted by Crippen LogP contribution is -2.40. The fourth-order valence-corrected chi connectivity index (χ4v) is 1.63. The second-order valence-corrected chi connectivity index (χ2v) is 4.20. The number of carboxylic acid groups (broad SMARTS) is 1. The summed E-state index contributed by atoms with van der Waals surface area (Å²) in [5.41, 5.74) is -0.178. The Morgan fingerprint density at radius 3 is 2.65 bits per heavy atom. The molecule has 0 bridgehead atoms. The van der Waals surface area contributed by atoms with Crippen LogP contribution in [0.1, 0.15) is 23.2 Å². The Labute approximate surface area is 115 Å². The molecule has 0 radical (unpaired) electrons. The van der Waals surface area contributed by atoms with Gasteiger partial charge in [0.05, 0.1) is 5.56 Å². The lowest BCUT2D eigenvalue weighted by atomic mass is 10.1. The molecule has 0 aromatic heterocycles. The number of aliphatic carboxylic acids is 1. The Hall–Kier alpha value is -2.28. The molecule has 0 heterocycles. The average molecular weight is 283 g/mol. The van der Waals surface area contributed by atoms with Gasteiger partial charge in [0.15, 0.2) is 0 Å². The predicted octanol–water partition coefficient (Wildman–Crippen LogP) is 0.707. The third kappa shape index (κ3) is 4.43. The summed E-state index contributed by atoms with van der Waals surface area (Å²) in [4.78, 5) is 22.9. The first-order valence-corrected chi connectivity index (χ1v) is 6.00. The monoisotopic (exact) mass is 283 g/mol. The second kappa shape index (κ2) is 7.34. The molecule has 1 aromatic carbocycles. The summed E-state index contributed by atoms with van der Waals surface area (Å²) in [5.74, 6) is -2.46. The molecule has 0 fully saturated rings. The van der Waals surface area contributed by atoms with E-state index in [0.29, 0.717) is 13.0 Å². The van der Waals surface area contributed by atoms with Crippen LogP contribution in [-0.2, 0) is 9.53 Å². The number of carbonyl (C=O) groups excluding carboxylic acids is 1. The normalized spacial score (nSPS) is 11.8. The van der Waals surface area contributed by atoms with Crippen LogP contribution in [0.2, 0.25) is 0 Å². The van der Waals surface area contributed by atoms with Gasteiger partial charge in [0, 0.05) is 13.7 Å². The summed E-state index contributed by atoms with van der Waals surface area (Å²) < 4.78 is 4.82. The van der Waals surface area contributed by atoms with E-state index in [-0.39, 0.29) is 23.5 Å². The van der Waals surface area contributed by atoms with Gasteiger partial charge < -0.3 is 25.4 Å². The zero-order chi connectivity index (χ0) is 15.1. The van der Waals surface area contributed by atoms with Gasteiger partial charge in [-0.3, -0.25) is 4.79 Å². The summed E-state index contributed by atoms with van der Waals surface area (Å²) in [5, 5.41) is 30.1. The standard InChI is InChI=1S/C13H17NO6/c1-20-6-2-3-10(13(18)19)14-12(17)9-7-8(15)4-5-11(9)16/h4-5,7,10,15-16H,2-3,6H2,1H3,(H,14,17)(H,18,19). The number of rotatable bonds is 7. The number of phenols is 2. The van der Waals surface area contributed by atoms with E-state index in [2.05, 4.69) is 5.32 Å². The molecule has 1 unspecified atom stereocenters. The highest BCUT2D eigenvalue weighted by atomic mass is 16.5. The van der Waals surface area contributed by atoms with Crippen molar-refractivity contribution < 1.29 is 29.6 Å². The van der Waals surface area contributed by atoms with E-state index in [1.165, 1.54) is 13.2 Å². The van der Waals surface area contributed by atoms with Crippen molar-refractivity contribution in [1.29, 1.82) is 0 Å². The highest BCUT2D eigenvalue weighted by Crippen LogP contribution is 2.22. The number of aromatic hydroxyl groups is 2. The van der Waals surface area contributed by atoms with Crippen molar-refractivity contribution in [3.8, 4) is 11.5 Å². The minimum Gasteiger partial charge on any atom is -0.508 e. The van der Waals surface area contributed by atoms with Crippen molar-refractivity contribution in [3.05, 3.63) is 23.8 Å². The maximum atomic E-state index is 11.9. The number of carbonyl (C=O) groups is 2. The van der Waals surface area contributed by atoms with E-state index in [4.69, 9.17) is 9.84 Å². The molecule has 4 N–H and O–H groups in total. The number of amides is 1. The molecule has 1 aromatic rings. The van der Waals surface area contributed by atoms with E-state index in [0.717, 1.165) is 12.1 Å². The fraction of sp³-hybridized carbons (Fsp3) is 0.385. The lowest BCUT2D eigenvalue weighted by molar-refractivity contribution is -0.139. The number of hydrogen-bond acceptors (Lipinski definition) is 5. The van der Waals surface area contributed by atoms with E-state index in [9.17, 15) is 19.8 Å². The lowest BCUT2D eigenvalue weighted by Gasteiger charge is -2.15. The van der Waals surface area contributed by atoms with Crippen molar-refractivity contribution in [2.45, 2.75) is 18.9 Å². The summed E-state index contributed by atoms with van der Waals surface area (Å²) in [7, 11) is 1.50. The van der Waals surface area contributed by atoms with Gasteiger partial charge in [-0.05, 0) is 31.0 Å². The summed E-state index contributed by atoms with van der Waals surface area (Å²) >= 11 is 0. The number of hydrogen-bond donors (Lipinski definition) is 4. The summed E-state index contributed by atoms with van der Waals surface area (Å²) in [6, 6.07) is 2.36. The van der Waals surface area contributed by atoms with Gasteiger partial charge in [-0.2, -0.15) is 0 Å². The zero-order valence-corrected chi connectivity index (χ0v) is 11.0. The minimum absolute atomic E-state index is 0.178. The van der Waals surface area contributed by atoms with Crippen molar-refractivity contribution in [2.24, 2.45) is 0 Å². The van der Waals surface area contributed by atoms with Crippen molar-refractivity contribution in [3.63, 3.8) is 0 Å². The van der Waals surface area contributed by atoms with Crippen LogP contribution in [0, 0.1) is 0 Å². The minimum atomic E-state index is -1.17. The molecule has 0 aliphatic carbocycles. The van der Waals surface area contributed by atoms with Crippen LogP contribution < -0.4 is 5.32 Å². The predicted molar refractivity (Wildman–Crippen MR) is 69.8 cm³/mol. The molecular weight excluding hydrogens is 266 g/mol. The molecular formula is C13H17NO6. The number of nitrogens with one attached hydrogen (secondary N) is 1. The van der Waals surface area contributed by atoms with Gasteiger partial charge in [-0.1, -0.05) is 0 Å². The fourth-order valence-electron chi connectivity index (χ4n) is 1.63. The first-order valence-electron chi connectivity index (χ1n) is 6.00. The zero-order valence-electron chi connectivity index (χ0n) is 11.0. The highest BCUT2D eigenvalue weighted by molar-refractivity contribution is 5.99. The van der Waals surface area contributed by atoms with Gasteiger partial charge in [-0.15, -0.1) is 0 Å². The summed E-state index contributed by atoms with van der Waals surface area (Å²) in [6.07, 6.45) is 0.675. The Kier molecular flexibility index (Phi) is 5.79. The molecule has 7 heteroatoms. The molecule has 0 aliphatic heterocycles. The van der Waals surface area contributed by atoms with Crippen LogP contribution in [0.5, 0.6) is 11.5 Å². The number of benzene rings is 1. The smallest absolute Gasteiger partial charge is 0.326 e. The van der Waals surface area contributed by atoms with Crippen molar-refractivity contribution in [2.75, 3.05) is 13.7 Å². The quantitative estimate of drug-likeness (QED) is 0.432. The van der Waals surface area contributed by atoms with E-state index < -0.39 is 17.9 Å². The first kappa shape index (κ1) is 15.8. The van der Waals surface area contributed by atoms with Gasteiger partial charge in [0.2, 0.25) is 0 Å². The Morgan fingerprint density at radius 1 is 1.35 bits per heavy atom. The molecule has 20 heavy (non-hydrogen) atoms. The van der Waals surface area contributed by atoms with E-state index in [1.807, 2.05) is 0 Å². The van der Waals surface area contributed by atoms with E-state index in [1.54, 1.807) is 0 Å². The third-order valence-corrected chi connectivity index (χ3v) is 2.67. The molecule has 7 nitrogen and oxygen atoms in total. The molecule has 0 saturated carbocycles. The molecule has 0 spiro atoms. The maximum absolute atomic E-state index is 11.9. The first-order chi connectivity index (χ1) is 9.45. The van der Waals surface area contributed by atoms with E-state index >= 15 is 0 Å². The highest BCUT2D eigenvalue weighted by Gasteiger charge is 2.22.